The molecule has 0 fully saturated rings. The monoisotopic (exact) mass is 374 g/mol. The molecule has 0 saturated heterocycles. The van der Waals surface area contributed by atoms with Gasteiger partial charge in [-0.1, -0.05) is 69.3 Å². The Kier molecular flexibility index (Phi) is 5.78. The largest absolute Gasteiger partial charge is 0.484 e. The minimum absolute atomic E-state index is 0.0800. The number of fused-ring (bicyclic) bond motifs is 1. The Balaban J connectivity index is 1.56. The first kappa shape index (κ1) is 19.6. The smallest absolute Gasteiger partial charge is 0.277 e. The Bertz CT molecular complexity index is 999. The van der Waals surface area contributed by atoms with Gasteiger partial charge in [-0.05, 0) is 52.4 Å². The summed E-state index contributed by atoms with van der Waals surface area (Å²) in [5, 5.41) is 6.51. The van der Waals surface area contributed by atoms with Crippen LogP contribution in [-0.4, -0.2) is 18.2 Å². The van der Waals surface area contributed by atoms with Crippen molar-refractivity contribution in [2.75, 3.05) is 6.61 Å². The lowest BCUT2D eigenvalue weighted by atomic mass is 9.87. The Morgan fingerprint density at radius 3 is 2.32 bits per heavy atom. The van der Waals surface area contributed by atoms with E-state index in [0.29, 0.717) is 5.75 Å². The fraction of sp³-hybridized carbons (Fsp3) is 0.250. The van der Waals surface area contributed by atoms with Crippen molar-refractivity contribution in [1.82, 2.24) is 5.43 Å². The summed E-state index contributed by atoms with van der Waals surface area (Å²) < 4.78 is 5.55. The molecule has 0 unspecified atom stereocenters. The van der Waals surface area contributed by atoms with Crippen molar-refractivity contribution in [3.8, 4) is 5.75 Å². The van der Waals surface area contributed by atoms with E-state index in [1.165, 1.54) is 10.9 Å². The molecular formula is C24H26N2O2. The zero-order valence-electron chi connectivity index (χ0n) is 16.8. The Morgan fingerprint density at radius 1 is 0.964 bits per heavy atom. The number of hydrogen-bond donors (Lipinski definition) is 1. The van der Waals surface area contributed by atoms with Gasteiger partial charge in [0.05, 0.1) is 5.71 Å². The maximum Gasteiger partial charge on any atom is 0.277 e. The second-order valence-corrected chi connectivity index (χ2v) is 7.86. The third-order valence-corrected chi connectivity index (χ3v) is 4.61. The molecule has 28 heavy (non-hydrogen) atoms. The van der Waals surface area contributed by atoms with Gasteiger partial charge in [0.1, 0.15) is 5.75 Å². The van der Waals surface area contributed by atoms with Gasteiger partial charge < -0.3 is 4.74 Å². The van der Waals surface area contributed by atoms with E-state index < -0.39 is 0 Å². The SMILES string of the molecule is CC(=NNC(=O)COc1ccc(C(C)(C)C)cc1)c1ccc2ccccc2c1. The van der Waals surface area contributed by atoms with Crippen molar-refractivity contribution < 1.29 is 9.53 Å². The lowest BCUT2D eigenvalue weighted by Crippen LogP contribution is -2.25. The van der Waals surface area contributed by atoms with Crippen LogP contribution in [0.2, 0.25) is 0 Å². The highest BCUT2D eigenvalue weighted by atomic mass is 16.5. The fourth-order valence-corrected chi connectivity index (χ4v) is 2.86. The van der Waals surface area contributed by atoms with Crippen molar-refractivity contribution in [2.24, 2.45) is 5.10 Å². The van der Waals surface area contributed by atoms with E-state index >= 15 is 0 Å². The van der Waals surface area contributed by atoms with Gasteiger partial charge in [-0.25, -0.2) is 5.43 Å². The van der Waals surface area contributed by atoms with Gasteiger partial charge in [0.2, 0.25) is 0 Å². The van der Waals surface area contributed by atoms with Gasteiger partial charge in [0.15, 0.2) is 6.61 Å². The molecule has 3 aromatic carbocycles. The first-order valence-electron chi connectivity index (χ1n) is 9.38. The molecule has 0 saturated carbocycles. The zero-order chi connectivity index (χ0) is 20.1. The number of nitrogens with zero attached hydrogens (tertiary/aromatic N) is 1. The van der Waals surface area contributed by atoms with Gasteiger partial charge >= 0.3 is 0 Å². The standard InChI is InChI=1S/C24H26N2O2/c1-17(19-10-9-18-7-5-6-8-20(18)15-19)25-26-23(27)16-28-22-13-11-21(12-14-22)24(2,3)4/h5-15H,16H2,1-4H3,(H,26,27). The molecule has 0 heterocycles. The van der Waals surface area contributed by atoms with Crippen molar-refractivity contribution in [3.05, 3.63) is 77.9 Å². The molecule has 144 valence electrons. The molecule has 1 N–H and O–H groups in total. The summed E-state index contributed by atoms with van der Waals surface area (Å²) in [4.78, 5) is 12.0. The number of hydrazone groups is 1. The fourth-order valence-electron chi connectivity index (χ4n) is 2.86. The summed E-state index contributed by atoms with van der Waals surface area (Å²) in [6, 6.07) is 22.1. The average molecular weight is 374 g/mol. The van der Waals surface area contributed by atoms with Crippen molar-refractivity contribution in [2.45, 2.75) is 33.1 Å². The molecule has 0 bridgehead atoms. The number of rotatable bonds is 5. The zero-order valence-corrected chi connectivity index (χ0v) is 16.8. The van der Waals surface area contributed by atoms with Gasteiger partial charge in [-0.15, -0.1) is 0 Å². The van der Waals surface area contributed by atoms with Crippen LogP contribution in [0, 0.1) is 0 Å². The molecule has 0 aliphatic rings. The highest BCUT2D eigenvalue weighted by molar-refractivity contribution is 6.02. The lowest BCUT2D eigenvalue weighted by Gasteiger charge is -2.19. The van der Waals surface area contributed by atoms with Gasteiger partial charge in [-0.2, -0.15) is 5.10 Å². The maximum atomic E-state index is 12.0. The van der Waals surface area contributed by atoms with E-state index in [2.05, 4.69) is 55.6 Å². The molecule has 0 radical (unpaired) electrons. The molecule has 0 spiro atoms. The third-order valence-electron chi connectivity index (χ3n) is 4.61. The number of carbonyl (C=O) groups excluding carboxylic acids is 1. The van der Waals surface area contributed by atoms with Crippen LogP contribution in [0.3, 0.4) is 0 Å². The highest BCUT2D eigenvalue weighted by Crippen LogP contribution is 2.24. The summed E-state index contributed by atoms with van der Waals surface area (Å²) in [6.07, 6.45) is 0. The van der Waals surface area contributed by atoms with Gasteiger partial charge in [0, 0.05) is 0 Å². The quantitative estimate of drug-likeness (QED) is 0.501. The van der Waals surface area contributed by atoms with Crippen LogP contribution in [0.5, 0.6) is 5.75 Å². The van der Waals surface area contributed by atoms with Crippen LogP contribution in [0.25, 0.3) is 10.8 Å². The predicted molar refractivity (Wildman–Crippen MR) is 115 cm³/mol. The molecule has 0 aliphatic heterocycles. The molecule has 3 rings (SSSR count). The van der Waals surface area contributed by atoms with Crippen LogP contribution >= 0.6 is 0 Å². The van der Waals surface area contributed by atoms with E-state index in [0.717, 1.165) is 16.7 Å². The molecule has 4 nitrogen and oxygen atoms in total. The molecule has 0 aliphatic carbocycles. The number of nitrogens with one attached hydrogen (secondary N) is 1. The van der Waals surface area contributed by atoms with Crippen LogP contribution in [0.4, 0.5) is 0 Å². The summed E-state index contributed by atoms with van der Waals surface area (Å²) >= 11 is 0. The minimum Gasteiger partial charge on any atom is -0.484 e. The maximum absolute atomic E-state index is 12.0. The molecule has 1 amide bonds. The average Bonchev–Trinajstić information content (AvgIpc) is 2.69. The summed E-state index contributed by atoms with van der Waals surface area (Å²) in [7, 11) is 0. The Hall–Kier alpha value is -3.14. The third kappa shape index (κ3) is 4.97. The van der Waals surface area contributed by atoms with E-state index in [4.69, 9.17) is 4.74 Å². The molecule has 4 heteroatoms. The highest BCUT2D eigenvalue weighted by Gasteiger charge is 2.13. The molecular weight excluding hydrogens is 348 g/mol. The minimum atomic E-state index is -0.292. The molecule has 3 aromatic rings. The van der Waals surface area contributed by atoms with Crippen molar-refractivity contribution >= 4 is 22.4 Å². The van der Waals surface area contributed by atoms with E-state index in [1.807, 2.05) is 49.4 Å². The van der Waals surface area contributed by atoms with Gasteiger partial charge in [-0.3, -0.25) is 4.79 Å². The Labute approximate surface area is 166 Å². The van der Waals surface area contributed by atoms with E-state index in [1.54, 1.807) is 0 Å². The number of ether oxygens (including phenoxy) is 1. The lowest BCUT2D eigenvalue weighted by molar-refractivity contribution is -0.123. The summed E-state index contributed by atoms with van der Waals surface area (Å²) in [5.74, 6) is 0.374. The van der Waals surface area contributed by atoms with Crippen LogP contribution in [0.1, 0.15) is 38.8 Å². The van der Waals surface area contributed by atoms with E-state index in [9.17, 15) is 4.79 Å². The van der Waals surface area contributed by atoms with Crippen LogP contribution in [-0.2, 0) is 10.2 Å². The summed E-state index contributed by atoms with van der Waals surface area (Å²) in [6.45, 7) is 8.27. The van der Waals surface area contributed by atoms with Crippen molar-refractivity contribution in [1.29, 1.82) is 0 Å². The summed E-state index contributed by atoms with van der Waals surface area (Å²) in [5.41, 5.74) is 5.58. The number of benzene rings is 3. The number of amides is 1. The number of carbonyl (C=O) groups is 1. The van der Waals surface area contributed by atoms with Crippen molar-refractivity contribution in [3.63, 3.8) is 0 Å². The first-order valence-corrected chi connectivity index (χ1v) is 9.38. The molecule has 0 aromatic heterocycles. The topological polar surface area (TPSA) is 50.7 Å². The molecule has 0 atom stereocenters. The van der Waals surface area contributed by atoms with Crippen LogP contribution in [0.15, 0.2) is 71.8 Å². The Morgan fingerprint density at radius 2 is 1.64 bits per heavy atom. The predicted octanol–water partition coefficient (Wildman–Crippen LogP) is 5.06. The second-order valence-electron chi connectivity index (χ2n) is 7.86. The normalized spacial score (nSPS) is 12.1. The second kappa shape index (κ2) is 8.26. The van der Waals surface area contributed by atoms with Crippen LogP contribution < -0.4 is 10.2 Å². The van der Waals surface area contributed by atoms with Gasteiger partial charge in [0.25, 0.3) is 5.91 Å². The van der Waals surface area contributed by atoms with E-state index in [-0.39, 0.29) is 17.9 Å². The number of hydrogen-bond acceptors (Lipinski definition) is 3. The first-order chi connectivity index (χ1) is 13.3.